The van der Waals surface area contributed by atoms with E-state index in [0.29, 0.717) is 5.56 Å². The van der Waals surface area contributed by atoms with Gasteiger partial charge in [-0.2, -0.15) is 53.8 Å². The molecule has 0 aliphatic rings. The summed E-state index contributed by atoms with van der Waals surface area (Å²) in [5.41, 5.74) is 3.02. The molecule has 4 rings (SSSR count). The van der Waals surface area contributed by atoms with E-state index in [0.717, 1.165) is 16.3 Å². The van der Waals surface area contributed by atoms with Crippen LogP contribution in [-0.2, 0) is 37.1 Å². The second kappa shape index (κ2) is 10.8. The summed E-state index contributed by atoms with van der Waals surface area (Å²) in [5, 5.41) is 13.3. The molecule has 0 spiro atoms. The molecule has 4 aromatic rings. The molecule has 0 aliphatic carbocycles. The average molecular weight is 421 g/mol. The second-order valence-electron chi connectivity index (χ2n) is 5.87. The van der Waals surface area contributed by atoms with Crippen molar-refractivity contribution in [3.63, 3.8) is 0 Å². The second-order valence-corrected chi connectivity index (χ2v) is 5.87. The SMILES string of the molecule is C=C(C)c1ccc2c[c-]ccc2c1.N#Cc1ccc2c[c-]ccc2c1.[V].[V]. The quantitative estimate of drug-likeness (QED) is 0.337. The Labute approximate surface area is 184 Å². The average Bonchev–Trinajstić information content (AvgIpc) is 2.67. The Balaban J connectivity index is 0.000000252. The molecular weight excluding hydrogens is 404 g/mol. The van der Waals surface area contributed by atoms with E-state index in [9.17, 15) is 0 Å². The van der Waals surface area contributed by atoms with Crippen molar-refractivity contribution in [2.45, 2.75) is 6.92 Å². The Morgan fingerprint density at radius 2 is 1.37 bits per heavy atom. The maximum atomic E-state index is 8.64. The van der Waals surface area contributed by atoms with E-state index in [1.54, 1.807) is 0 Å². The fraction of sp³-hybridized carbons (Fsp3) is 0.0417. The van der Waals surface area contributed by atoms with Crippen molar-refractivity contribution in [1.29, 1.82) is 5.26 Å². The molecule has 0 aliphatic heterocycles. The van der Waals surface area contributed by atoms with Gasteiger partial charge in [0.25, 0.3) is 0 Å². The number of hydrogen-bond acceptors (Lipinski definition) is 1. The van der Waals surface area contributed by atoms with Crippen molar-refractivity contribution in [2.75, 3.05) is 0 Å². The molecule has 0 amide bonds. The van der Waals surface area contributed by atoms with E-state index in [2.05, 4.69) is 49.0 Å². The van der Waals surface area contributed by atoms with Gasteiger partial charge in [-0.25, -0.2) is 0 Å². The molecule has 2 radical (unpaired) electrons. The maximum absolute atomic E-state index is 8.64. The smallest absolute Gasteiger partial charge is 0.0990 e. The molecule has 0 fully saturated rings. The third-order valence-corrected chi connectivity index (χ3v) is 3.99. The third-order valence-electron chi connectivity index (χ3n) is 3.99. The van der Waals surface area contributed by atoms with Gasteiger partial charge in [-0.15, -0.1) is 33.7 Å². The molecule has 0 atom stereocenters. The van der Waals surface area contributed by atoms with Crippen LogP contribution in [0.2, 0.25) is 0 Å². The van der Waals surface area contributed by atoms with Crippen LogP contribution in [0, 0.1) is 23.5 Å². The van der Waals surface area contributed by atoms with Gasteiger partial charge in [0.15, 0.2) is 0 Å². The van der Waals surface area contributed by atoms with Gasteiger partial charge in [0, 0.05) is 42.7 Å². The van der Waals surface area contributed by atoms with Crippen molar-refractivity contribution in [3.8, 4) is 6.07 Å². The first kappa shape index (κ1) is 22.8. The summed E-state index contributed by atoms with van der Waals surface area (Å²) in [6.07, 6.45) is 0. The van der Waals surface area contributed by atoms with Gasteiger partial charge in [0.2, 0.25) is 0 Å². The van der Waals surface area contributed by atoms with Crippen molar-refractivity contribution in [2.24, 2.45) is 0 Å². The minimum atomic E-state index is 0. The summed E-state index contributed by atoms with van der Waals surface area (Å²) in [7, 11) is 0. The number of hydrogen-bond donors (Lipinski definition) is 0. The number of rotatable bonds is 1. The molecule has 0 N–H and O–H groups in total. The molecule has 0 bridgehead atoms. The van der Waals surface area contributed by atoms with Crippen LogP contribution >= 0.6 is 0 Å². The first-order chi connectivity index (χ1) is 12.2. The molecule has 0 saturated heterocycles. The summed E-state index contributed by atoms with van der Waals surface area (Å²) in [4.78, 5) is 0. The number of nitrogens with zero attached hydrogens (tertiary/aromatic N) is 1. The molecule has 3 heteroatoms. The van der Waals surface area contributed by atoms with Crippen LogP contribution in [0.25, 0.3) is 27.1 Å². The van der Waals surface area contributed by atoms with Gasteiger partial charge in [-0.1, -0.05) is 36.4 Å². The minimum Gasteiger partial charge on any atom is -0.192 e. The van der Waals surface area contributed by atoms with Crippen LogP contribution in [0.4, 0.5) is 0 Å². The summed E-state index contributed by atoms with van der Waals surface area (Å²) in [5.74, 6) is 0. The van der Waals surface area contributed by atoms with Crippen LogP contribution in [0.1, 0.15) is 18.1 Å². The minimum absolute atomic E-state index is 0. The standard InChI is InChI=1S/C13H11.C11H6N.2V/c1-10(2)12-8-7-11-5-3-4-6-13(11)9-12;12-8-9-5-6-10-3-1-2-4-11(10)7-9;;/h4-9H,1H2,2H3;2-7H;;/q2*-1;;. The summed E-state index contributed by atoms with van der Waals surface area (Å²) in [6, 6.07) is 31.9. The zero-order valence-electron chi connectivity index (χ0n) is 15.0. The summed E-state index contributed by atoms with van der Waals surface area (Å²) >= 11 is 0. The molecule has 130 valence electrons. The Hall–Kier alpha value is -2.20. The van der Waals surface area contributed by atoms with Gasteiger partial charge in [0.05, 0.1) is 6.07 Å². The van der Waals surface area contributed by atoms with Crippen LogP contribution in [0.15, 0.2) is 79.4 Å². The predicted octanol–water partition coefficient (Wildman–Crippen LogP) is 6.18. The molecule has 27 heavy (non-hydrogen) atoms. The van der Waals surface area contributed by atoms with Crippen molar-refractivity contribution >= 4 is 27.1 Å². The molecular formula is C24H17NV2-2. The van der Waals surface area contributed by atoms with Gasteiger partial charge >= 0.3 is 0 Å². The first-order valence-electron chi connectivity index (χ1n) is 8.03. The molecule has 1 nitrogen and oxygen atoms in total. The Morgan fingerprint density at radius 3 is 1.93 bits per heavy atom. The zero-order valence-corrected chi connectivity index (χ0v) is 17.8. The van der Waals surface area contributed by atoms with Gasteiger partial charge in [-0.05, 0) is 12.5 Å². The van der Waals surface area contributed by atoms with Gasteiger partial charge in [-0.3, -0.25) is 0 Å². The van der Waals surface area contributed by atoms with Crippen molar-refractivity contribution in [1.82, 2.24) is 0 Å². The monoisotopic (exact) mass is 421 g/mol. The van der Waals surface area contributed by atoms with E-state index >= 15 is 0 Å². The van der Waals surface area contributed by atoms with Crippen LogP contribution < -0.4 is 0 Å². The molecule has 0 saturated carbocycles. The largest absolute Gasteiger partial charge is 0.192 e. The number of allylic oxidation sites excluding steroid dienone is 1. The van der Waals surface area contributed by atoms with E-state index in [1.165, 1.54) is 16.3 Å². The van der Waals surface area contributed by atoms with Crippen LogP contribution in [-0.4, -0.2) is 0 Å². The van der Waals surface area contributed by atoms with E-state index in [1.807, 2.05) is 55.5 Å². The molecule has 0 aromatic heterocycles. The van der Waals surface area contributed by atoms with Crippen molar-refractivity contribution in [3.05, 3.63) is 103 Å². The maximum Gasteiger partial charge on any atom is 0.0990 e. The fourth-order valence-electron chi connectivity index (χ4n) is 2.59. The van der Waals surface area contributed by atoms with Crippen molar-refractivity contribution < 1.29 is 37.1 Å². The molecule has 0 heterocycles. The van der Waals surface area contributed by atoms with E-state index in [4.69, 9.17) is 5.26 Å². The first-order valence-corrected chi connectivity index (χ1v) is 8.03. The Morgan fingerprint density at radius 1 is 0.815 bits per heavy atom. The normalized spacial score (nSPS) is 9.19. The number of benzene rings is 4. The topological polar surface area (TPSA) is 23.8 Å². The predicted molar refractivity (Wildman–Crippen MR) is 105 cm³/mol. The summed E-state index contributed by atoms with van der Waals surface area (Å²) < 4.78 is 0. The zero-order chi connectivity index (χ0) is 17.6. The van der Waals surface area contributed by atoms with Gasteiger partial charge in [0.1, 0.15) is 0 Å². The van der Waals surface area contributed by atoms with Crippen LogP contribution in [0.3, 0.4) is 0 Å². The molecule has 4 aromatic carbocycles. The van der Waals surface area contributed by atoms with E-state index < -0.39 is 0 Å². The fourth-order valence-corrected chi connectivity index (χ4v) is 2.59. The molecule has 0 unspecified atom stereocenters. The number of nitriles is 1. The summed E-state index contributed by atoms with van der Waals surface area (Å²) in [6.45, 7) is 5.95. The Bertz CT molecular complexity index is 1090. The Kier molecular flexibility index (Phi) is 9.16. The van der Waals surface area contributed by atoms with Crippen LogP contribution in [0.5, 0.6) is 0 Å². The van der Waals surface area contributed by atoms with Gasteiger partial charge < -0.3 is 0 Å². The third kappa shape index (κ3) is 5.90. The van der Waals surface area contributed by atoms with E-state index in [-0.39, 0.29) is 37.1 Å². The number of fused-ring (bicyclic) bond motifs is 2.